The second-order valence-corrected chi connectivity index (χ2v) is 11.1. The van der Waals surface area contributed by atoms with Crippen molar-refractivity contribution in [2.24, 2.45) is 15.4 Å². The van der Waals surface area contributed by atoms with E-state index >= 15 is 0 Å². The molecule has 0 amide bonds. The summed E-state index contributed by atoms with van der Waals surface area (Å²) < 4.78 is 64.6. The standard InChI is InChI=1S/C25H28BFN4O8S/c1-16(2)12-31(28-11-17-5-8-20(27)21(9-17)36-4)25-19-7-6-18(10-22(19)40(34,35)29-25)37-15-26-38-23(32)13-30(3)14-24(33)39-26/h5-11,16H,12-15H2,1-4H3/b28-11+. The van der Waals surface area contributed by atoms with Crippen LogP contribution in [0.2, 0.25) is 0 Å². The fourth-order valence-electron chi connectivity index (χ4n) is 3.94. The summed E-state index contributed by atoms with van der Waals surface area (Å²) in [5, 5.41) is 5.91. The summed E-state index contributed by atoms with van der Waals surface area (Å²) in [4.78, 5) is 25.2. The van der Waals surface area contributed by atoms with Gasteiger partial charge in [-0.25, -0.2) is 9.40 Å². The molecule has 40 heavy (non-hydrogen) atoms. The Labute approximate surface area is 231 Å². The van der Waals surface area contributed by atoms with Gasteiger partial charge in [0.15, 0.2) is 23.9 Å². The second-order valence-electron chi connectivity index (χ2n) is 9.56. The third kappa shape index (κ3) is 6.96. The number of fused-ring (bicyclic) bond motifs is 1. The van der Waals surface area contributed by atoms with Crippen LogP contribution in [0.25, 0.3) is 0 Å². The summed E-state index contributed by atoms with van der Waals surface area (Å²) in [6, 6.07) is 8.59. The predicted octanol–water partition coefficient (Wildman–Crippen LogP) is 1.71. The van der Waals surface area contributed by atoms with Gasteiger partial charge in [0.1, 0.15) is 10.6 Å². The summed E-state index contributed by atoms with van der Waals surface area (Å²) in [6.45, 7) is 3.71. The van der Waals surface area contributed by atoms with Crippen LogP contribution in [0, 0.1) is 11.7 Å². The first-order chi connectivity index (χ1) is 18.9. The van der Waals surface area contributed by atoms with E-state index in [-0.39, 0.29) is 47.7 Å². The Balaban J connectivity index is 1.55. The van der Waals surface area contributed by atoms with E-state index in [1.165, 1.54) is 59.6 Å². The average molecular weight is 574 g/mol. The van der Waals surface area contributed by atoms with Crippen molar-refractivity contribution >= 4 is 41.1 Å². The molecule has 2 heterocycles. The molecule has 0 saturated carbocycles. The van der Waals surface area contributed by atoms with Crippen LogP contribution in [0.5, 0.6) is 11.5 Å². The number of likely N-dealkylation sites (N-methyl/N-ethyl adjacent to an activating group) is 1. The molecule has 1 saturated heterocycles. The van der Waals surface area contributed by atoms with Crippen molar-refractivity contribution in [3.05, 3.63) is 53.3 Å². The van der Waals surface area contributed by atoms with Crippen molar-refractivity contribution in [3.8, 4) is 11.5 Å². The van der Waals surface area contributed by atoms with E-state index in [1.807, 2.05) is 13.8 Å². The number of amidine groups is 1. The van der Waals surface area contributed by atoms with E-state index < -0.39 is 34.9 Å². The quantitative estimate of drug-likeness (QED) is 0.260. The lowest BCUT2D eigenvalue weighted by atomic mass is 9.91. The largest absolute Gasteiger partial charge is 0.639 e. The van der Waals surface area contributed by atoms with Gasteiger partial charge in [-0.1, -0.05) is 19.9 Å². The molecule has 212 valence electrons. The van der Waals surface area contributed by atoms with Gasteiger partial charge in [-0.05, 0) is 42.8 Å². The lowest BCUT2D eigenvalue weighted by molar-refractivity contribution is -0.146. The number of sulfonamides is 1. The molecular weight excluding hydrogens is 546 g/mol. The third-order valence-corrected chi connectivity index (χ3v) is 7.00. The summed E-state index contributed by atoms with van der Waals surface area (Å²) in [7, 11) is -2.44. The highest BCUT2D eigenvalue weighted by molar-refractivity contribution is 7.90. The Morgan fingerprint density at radius 1 is 1.18 bits per heavy atom. The summed E-state index contributed by atoms with van der Waals surface area (Å²) in [5.41, 5.74) is 0.855. The summed E-state index contributed by atoms with van der Waals surface area (Å²) in [5.74, 6) is -1.31. The zero-order chi connectivity index (χ0) is 29.0. The molecule has 1 fully saturated rings. The molecule has 0 aliphatic carbocycles. The Bertz CT molecular complexity index is 1450. The summed E-state index contributed by atoms with van der Waals surface area (Å²) >= 11 is 0. The fourth-order valence-corrected chi connectivity index (χ4v) is 5.16. The molecule has 2 aliphatic heterocycles. The monoisotopic (exact) mass is 574 g/mol. The van der Waals surface area contributed by atoms with Crippen molar-refractivity contribution in [2.75, 3.05) is 40.3 Å². The van der Waals surface area contributed by atoms with E-state index in [4.69, 9.17) is 18.8 Å². The van der Waals surface area contributed by atoms with Crippen LogP contribution in [-0.2, 0) is 28.9 Å². The van der Waals surface area contributed by atoms with Crippen LogP contribution < -0.4 is 9.47 Å². The SMILES string of the molecule is COc1cc(/C=N/N(CC(C)C)C2=NS(=O)(=O)c3cc(OCB4OC(=O)CN(C)CC(=O)O4)ccc32)ccc1F. The van der Waals surface area contributed by atoms with Crippen LogP contribution in [-0.4, -0.2) is 89.7 Å². The number of hydrazone groups is 1. The molecule has 2 aromatic carbocycles. The molecule has 2 aliphatic rings. The van der Waals surface area contributed by atoms with Gasteiger partial charge in [0.25, 0.3) is 10.0 Å². The van der Waals surface area contributed by atoms with E-state index in [2.05, 4.69) is 9.50 Å². The van der Waals surface area contributed by atoms with Crippen molar-refractivity contribution in [1.29, 1.82) is 0 Å². The van der Waals surface area contributed by atoms with Gasteiger partial charge >= 0.3 is 19.1 Å². The number of hydrogen-bond acceptors (Lipinski definition) is 11. The zero-order valence-electron chi connectivity index (χ0n) is 22.4. The van der Waals surface area contributed by atoms with Crippen LogP contribution in [0.4, 0.5) is 4.39 Å². The Hall–Kier alpha value is -3.98. The Morgan fingerprint density at radius 2 is 1.88 bits per heavy atom. The summed E-state index contributed by atoms with van der Waals surface area (Å²) in [6.07, 6.45) is 1.46. The van der Waals surface area contributed by atoms with Crippen molar-refractivity contribution in [2.45, 2.75) is 18.7 Å². The molecule has 2 aromatic rings. The number of carbonyl (C=O) groups excluding carboxylic acids is 2. The highest BCUT2D eigenvalue weighted by Crippen LogP contribution is 2.32. The van der Waals surface area contributed by atoms with Crippen LogP contribution >= 0.6 is 0 Å². The molecule has 0 N–H and O–H groups in total. The normalized spacial score (nSPS) is 17.1. The molecule has 0 spiro atoms. The maximum Gasteiger partial charge on any atom is 0.639 e. The second kappa shape index (κ2) is 12.0. The molecule has 4 rings (SSSR count). The van der Waals surface area contributed by atoms with Crippen molar-refractivity contribution in [1.82, 2.24) is 9.91 Å². The zero-order valence-corrected chi connectivity index (χ0v) is 23.2. The number of ether oxygens (including phenoxy) is 2. The highest BCUT2D eigenvalue weighted by Gasteiger charge is 2.35. The number of methoxy groups -OCH3 is 1. The molecule has 0 bridgehead atoms. The van der Waals surface area contributed by atoms with Gasteiger partial charge in [-0.2, -0.15) is 13.5 Å². The van der Waals surface area contributed by atoms with Crippen LogP contribution in [0.15, 0.2) is 50.8 Å². The number of hydrogen-bond donors (Lipinski definition) is 0. The Kier molecular flexibility index (Phi) is 8.74. The minimum Gasteiger partial charge on any atom is -0.496 e. The lowest BCUT2D eigenvalue weighted by Gasteiger charge is -2.22. The number of carbonyl (C=O) groups is 2. The molecule has 0 aromatic heterocycles. The lowest BCUT2D eigenvalue weighted by Crippen LogP contribution is -2.45. The first-order valence-corrected chi connectivity index (χ1v) is 13.7. The molecule has 0 radical (unpaired) electrons. The van der Waals surface area contributed by atoms with Crippen LogP contribution in [0.3, 0.4) is 0 Å². The number of nitrogens with zero attached hydrogens (tertiary/aromatic N) is 4. The van der Waals surface area contributed by atoms with Gasteiger partial charge in [0.2, 0.25) is 0 Å². The third-order valence-electron chi connectivity index (χ3n) is 5.69. The van der Waals surface area contributed by atoms with Gasteiger partial charge in [-0.15, -0.1) is 4.40 Å². The van der Waals surface area contributed by atoms with Gasteiger partial charge in [-0.3, -0.25) is 14.5 Å². The first kappa shape index (κ1) is 29.0. The predicted molar refractivity (Wildman–Crippen MR) is 143 cm³/mol. The molecular formula is C25H28BFN4O8S. The fraction of sp³-hybridized carbons (Fsp3) is 0.360. The molecule has 0 atom stereocenters. The molecule has 12 nitrogen and oxygen atoms in total. The van der Waals surface area contributed by atoms with Gasteiger partial charge in [0.05, 0.1) is 26.4 Å². The maximum absolute atomic E-state index is 13.8. The Morgan fingerprint density at radius 3 is 2.52 bits per heavy atom. The van der Waals surface area contributed by atoms with Crippen molar-refractivity contribution < 1.29 is 41.2 Å². The minimum absolute atomic E-state index is 0.0503. The number of rotatable bonds is 8. The molecule has 15 heteroatoms. The maximum atomic E-state index is 13.8. The van der Waals surface area contributed by atoms with Crippen LogP contribution in [0.1, 0.15) is 25.0 Å². The van der Waals surface area contributed by atoms with Crippen molar-refractivity contribution in [3.63, 3.8) is 0 Å². The number of benzene rings is 2. The van der Waals surface area contributed by atoms with E-state index in [0.29, 0.717) is 17.7 Å². The van der Waals surface area contributed by atoms with Gasteiger partial charge in [0, 0.05) is 18.2 Å². The smallest absolute Gasteiger partial charge is 0.496 e. The topological polar surface area (TPSA) is 136 Å². The minimum atomic E-state index is -4.09. The first-order valence-electron chi connectivity index (χ1n) is 12.3. The average Bonchev–Trinajstić information content (AvgIpc) is 3.14. The van der Waals surface area contributed by atoms with E-state index in [9.17, 15) is 22.4 Å². The molecule has 0 unspecified atom stereocenters. The van der Waals surface area contributed by atoms with Gasteiger partial charge < -0.3 is 18.8 Å². The van der Waals surface area contributed by atoms with E-state index in [1.54, 1.807) is 7.05 Å². The highest BCUT2D eigenvalue weighted by atomic mass is 32.2. The number of halogens is 1. The van der Waals surface area contributed by atoms with E-state index in [0.717, 1.165) is 0 Å².